The third-order valence-corrected chi connectivity index (χ3v) is 4.89. The second-order valence-corrected chi connectivity index (χ2v) is 6.27. The van der Waals surface area contributed by atoms with Gasteiger partial charge in [-0.15, -0.1) is 0 Å². The highest BCUT2D eigenvalue weighted by Gasteiger charge is 2.27. The van der Waals surface area contributed by atoms with Crippen molar-refractivity contribution in [1.82, 2.24) is 0 Å². The van der Waals surface area contributed by atoms with Gasteiger partial charge in [0.1, 0.15) is 5.75 Å². The van der Waals surface area contributed by atoms with Gasteiger partial charge < -0.3 is 9.47 Å². The summed E-state index contributed by atoms with van der Waals surface area (Å²) in [6, 6.07) is 12.9. The maximum atomic E-state index is 11.8. The third-order valence-electron chi connectivity index (χ3n) is 4.89. The lowest BCUT2D eigenvalue weighted by Gasteiger charge is -2.27. The molecular formula is C20H24O3. The number of methoxy groups -OCH3 is 1. The average molecular weight is 312 g/mol. The predicted molar refractivity (Wildman–Crippen MR) is 91.8 cm³/mol. The zero-order valence-electron chi connectivity index (χ0n) is 13.9. The quantitative estimate of drug-likeness (QED) is 0.769. The molecule has 3 nitrogen and oxygen atoms in total. The van der Waals surface area contributed by atoms with Gasteiger partial charge >= 0.3 is 5.97 Å². The molecule has 0 bridgehead atoms. The summed E-state index contributed by atoms with van der Waals surface area (Å²) in [5.74, 6) is 1.51. The average Bonchev–Trinajstić information content (AvgIpc) is 2.61. The molecule has 0 saturated heterocycles. The van der Waals surface area contributed by atoms with Gasteiger partial charge in [0.15, 0.2) is 0 Å². The fourth-order valence-corrected chi connectivity index (χ4v) is 3.55. The number of esters is 1. The minimum atomic E-state index is -0.0171. The molecule has 0 N–H and O–H groups in total. The van der Waals surface area contributed by atoms with Gasteiger partial charge in [0.25, 0.3) is 0 Å². The van der Waals surface area contributed by atoms with Crippen molar-refractivity contribution in [2.75, 3.05) is 13.7 Å². The Hall–Kier alpha value is -2.03. The lowest BCUT2D eigenvalue weighted by atomic mass is 9.78. The standard InChI is InChI=1S/C20H24O3/c1-3-23-20(21)15-6-4-14(5-7-15)16-8-9-18-13-19(22-2)11-10-17(18)12-16/h8-15H,3-7H2,1-2H3. The summed E-state index contributed by atoms with van der Waals surface area (Å²) in [5, 5.41) is 2.45. The van der Waals surface area contributed by atoms with Gasteiger partial charge in [-0.25, -0.2) is 0 Å². The zero-order chi connectivity index (χ0) is 16.2. The summed E-state index contributed by atoms with van der Waals surface area (Å²) in [7, 11) is 1.69. The van der Waals surface area contributed by atoms with Gasteiger partial charge in [-0.2, -0.15) is 0 Å². The van der Waals surface area contributed by atoms with E-state index in [1.54, 1.807) is 7.11 Å². The van der Waals surface area contributed by atoms with Crippen LogP contribution in [0.4, 0.5) is 0 Å². The van der Waals surface area contributed by atoms with Gasteiger partial charge in [-0.3, -0.25) is 4.79 Å². The van der Waals surface area contributed by atoms with Gasteiger partial charge in [-0.05, 0) is 67.0 Å². The highest BCUT2D eigenvalue weighted by Crippen LogP contribution is 2.37. The Labute approximate surface area is 137 Å². The number of benzene rings is 2. The third kappa shape index (κ3) is 3.49. The first-order valence-electron chi connectivity index (χ1n) is 8.45. The summed E-state index contributed by atoms with van der Waals surface area (Å²) in [5.41, 5.74) is 1.38. The summed E-state index contributed by atoms with van der Waals surface area (Å²) >= 11 is 0. The molecule has 2 aromatic carbocycles. The molecule has 2 aromatic rings. The van der Waals surface area contributed by atoms with Crippen LogP contribution in [-0.4, -0.2) is 19.7 Å². The van der Waals surface area contributed by atoms with Gasteiger partial charge in [0.05, 0.1) is 19.6 Å². The molecule has 1 saturated carbocycles. The molecule has 122 valence electrons. The van der Waals surface area contributed by atoms with Crippen molar-refractivity contribution >= 4 is 16.7 Å². The van der Waals surface area contributed by atoms with Crippen molar-refractivity contribution in [2.24, 2.45) is 5.92 Å². The van der Waals surface area contributed by atoms with Gasteiger partial charge in [-0.1, -0.05) is 24.3 Å². The number of hydrogen-bond acceptors (Lipinski definition) is 3. The smallest absolute Gasteiger partial charge is 0.308 e. The topological polar surface area (TPSA) is 35.5 Å². The normalized spacial score (nSPS) is 21.1. The van der Waals surface area contributed by atoms with E-state index in [0.717, 1.165) is 31.4 Å². The van der Waals surface area contributed by atoms with Crippen LogP contribution in [0.25, 0.3) is 10.8 Å². The van der Waals surface area contributed by atoms with Crippen molar-refractivity contribution in [3.63, 3.8) is 0 Å². The van der Waals surface area contributed by atoms with Crippen LogP contribution < -0.4 is 4.74 Å². The first kappa shape index (κ1) is 15.9. The van der Waals surface area contributed by atoms with E-state index < -0.39 is 0 Å². The molecule has 0 atom stereocenters. The number of ether oxygens (including phenoxy) is 2. The van der Waals surface area contributed by atoms with E-state index >= 15 is 0 Å². The van der Waals surface area contributed by atoms with Crippen LogP contribution in [0.5, 0.6) is 5.75 Å². The molecule has 0 unspecified atom stereocenters. The molecule has 1 aliphatic rings. The van der Waals surface area contributed by atoms with E-state index in [9.17, 15) is 4.79 Å². The van der Waals surface area contributed by atoms with Crippen LogP contribution in [0, 0.1) is 5.92 Å². The van der Waals surface area contributed by atoms with Crippen LogP contribution in [-0.2, 0) is 9.53 Å². The predicted octanol–water partition coefficient (Wildman–Crippen LogP) is 4.69. The Morgan fingerprint density at radius 3 is 2.43 bits per heavy atom. The van der Waals surface area contributed by atoms with Crippen molar-refractivity contribution in [2.45, 2.75) is 38.5 Å². The molecule has 0 amide bonds. The monoisotopic (exact) mass is 312 g/mol. The second kappa shape index (κ2) is 7.03. The van der Waals surface area contributed by atoms with Crippen LogP contribution in [0.1, 0.15) is 44.1 Å². The van der Waals surface area contributed by atoms with Crippen LogP contribution >= 0.6 is 0 Å². The molecule has 0 aromatic heterocycles. The van der Waals surface area contributed by atoms with Crippen molar-refractivity contribution in [3.8, 4) is 5.75 Å². The highest BCUT2D eigenvalue weighted by molar-refractivity contribution is 5.84. The van der Waals surface area contributed by atoms with Crippen LogP contribution in [0.3, 0.4) is 0 Å². The van der Waals surface area contributed by atoms with E-state index in [-0.39, 0.29) is 11.9 Å². The van der Waals surface area contributed by atoms with E-state index in [1.807, 2.05) is 13.0 Å². The molecule has 23 heavy (non-hydrogen) atoms. The fourth-order valence-electron chi connectivity index (χ4n) is 3.55. The number of carbonyl (C=O) groups excluding carboxylic acids is 1. The molecule has 3 heteroatoms. The van der Waals surface area contributed by atoms with E-state index in [1.165, 1.54) is 16.3 Å². The SMILES string of the molecule is CCOC(=O)C1CCC(c2ccc3cc(OC)ccc3c2)CC1. The molecule has 0 aliphatic heterocycles. The Bertz CT molecular complexity index is 684. The lowest BCUT2D eigenvalue weighted by Crippen LogP contribution is -2.23. The molecule has 1 fully saturated rings. The summed E-state index contributed by atoms with van der Waals surface area (Å²) in [4.78, 5) is 11.8. The maximum Gasteiger partial charge on any atom is 0.308 e. The van der Waals surface area contributed by atoms with Crippen molar-refractivity contribution in [1.29, 1.82) is 0 Å². The molecule has 0 radical (unpaired) electrons. The van der Waals surface area contributed by atoms with E-state index in [2.05, 4.69) is 30.3 Å². The lowest BCUT2D eigenvalue weighted by molar-refractivity contribution is -0.149. The van der Waals surface area contributed by atoms with Crippen molar-refractivity contribution < 1.29 is 14.3 Å². The largest absolute Gasteiger partial charge is 0.497 e. The van der Waals surface area contributed by atoms with Gasteiger partial charge in [0.2, 0.25) is 0 Å². The number of hydrogen-bond donors (Lipinski definition) is 0. The fraction of sp³-hybridized carbons (Fsp3) is 0.450. The Morgan fingerprint density at radius 2 is 1.74 bits per heavy atom. The second-order valence-electron chi connectivity index (χ2n) is 6.27. The summed E-state index contributed by atoms with van der Waals surface area (Å²) < 4.78 is 10.4. The molecular weight excluding hydrogens is 288 g/mol. The van der Waals surface area contributed by atoms with Crippen LogP contribution in [0.2, 0.25) is 0 Å². The van der Waals surface area contributed by atoms with E-state index in [4.69, 9.17) is 9.47 Å². The molecule has 0 heterocycles. The first-order chi connectivity index (χ1) is 11.2. The molecule has 3 rings (SSSR count). The molecule has 0 spiro atoms. The van der Waals surface area contributed by atoms with E-state index in [0.29, 0.717) is 12.5 Å². The Kier molecular flexibility index (Phi) is 4.85. The minimum absolute atomic E-state index is 0.0171. The van der Waals surface area contributed by atoms with Gasteiger partial charge in [0, 0.05) is 0 Å². The summed E-state index contributed by atoms with van der Waals surface area (Å²) in [6.45, 7) is 2.35. The molecule has 1 aliphatic carbocycles. The Morgan fingerprint density at radius 1 is 1.04 bits per heavy atom. The van der Waals surface area contributed by atoms with Crippen LogP contribution in [0.15, 0.2) is 36.4 Å². The highest BCUT2D eigenvalue weighted by atomic mass is 16.5. The number of fused-ring (bicyclic) bond motifs is 1. The first-order valence-corrected chi connectivity index (χ1v) is 8.45. The van der Waals surface area contributed by atoms with Crippen molar-refractivity contribution in [3.05, 3.63) is 42.0 Å². The number of carbonyl (C=O) groups is 1. The summed E-state index contributed by atoms with van der Waals surface area (Å²) in [6.07, 6.45) is 3.99. The zero-order valence-corrected chi connectivity index (χ0v) is 13.9. The number of rotatable bonds is 4. The Balaban J connectivity index is 1.71. The minimum Gasteiger partial charge on any atom is -0.497 e. The maximum absolute atomic E-state index is 11.8.